The summed E-state index contributed by atoms with van der Waals surface area (Å²) < 4.78 is 0. The van der Waals surface area contributed by atoms with E-state index in [1.54, 1.807) is 5.71 Å². The van der Waals surface area contributed by atoms with Crippen LogP contribution < -0.4 is 4.99 Å². The molecule has 1 nitrogen and oxygen atoms in total. The topological polar surface area (TPSA) is 14.0 Å². The van der Waals surface area contributed by atoms with Gasteiger partial charge >= 0.3 is 0 Å². The van der Waals surface area contributed by atoms with Gasteiger partial charge in [-0.25, -0.2) is 4.99 Å². The predicted octanol–water partition coefficient (Wildman–Crippen LogP) is 0.882. The van der Waals surface area contributed by atoms with E-state index in [2.05, 4.69) is 11.9 Å². The van der Waals surface area contributed by atoms with Crippen molar-refractivity contribution in [2.45, 2.75) is 45.4 Å². The largest absolute Gasteiger partial charge is 0.249 e. The van der Waals surface area contributed by atoms with Gasteiger partial charge in [-0.1, -0.05) is 13.3 Å². The minimum Gasteiger partial charge on any atom is -0.249 e. The Balaban J connectivity index is 2.18. The third-order valence-corrected chi connectivity index (χ3v) is 2.11. The van der Waals surface area contributed by atoms with Crippen LogP contribution in [0.3, 0.4) is 0 Å². The third kappa shape index (κ3) is 2.51. The Bertz CT molecular complexity index is 116. The minimum absolute atomic E-state index is 1.22. The number of nitrogens with one attached hydrogen (secondary N) is 1. The molecule has 0 unspecified atom stereocenters. The molecule has 0 saturated heterocycles. The maximum atomic E-state index is 3.47. The smallest absolute Gasteiger partial charge is 0.150 e. The molecule has 1 aliphatic rings. The molecule has 0 aromatic rings. The average Bonchev–Trinajstić information content (AvgIpc) is 2.03. The Morgan fingerprint density at radius 3 is 2.90 bits per heavy atom. The van der Waals surface area contributed by atoms with Gasteiger partial charge in [0.05, 0.1) is 0 Å². The van der Waals surface area contributed by atoms with E-state index >= 15 is 0 Å². The van der Waals surface area contributed by atoms with E-state index in [0.29, 0.717) is 0 Å². The van der Waals surface area contributed by atoms with Gasteiger partial charge in [0.2, 0.25) is 0 Å². The van der Waals surface area contributed by atoms with Gasteiger partial charge in [-0.15, -0.1) is 0 Å². The van der Waals surface area contributed by atoms with Crippen LogP contribution in [0.15, 0.2) is 0 Å². The van der Waals surface area contributed by atoms with Crippen LogP contribution in [0.5, 0.6) is 0 Å². The minimum atomic E-state index is 1.22. The number of hydrogen-bond acceptors (Lipinski definition) is 0. The van der Waals surface area contributed by atoms with E-state index in [-0.39, 0.29) is 0 Å². The van der Waals surface area contributed by atoms with Crippen LogP contribution in [0.4, 0.5) is 0 Å². The van der Waals surface area contributed by atoms with E-state index in [0.717, 1.165) is 0 Å². The highest BCUT2D eigenvalue weighted by atomic mass is 14.7. The fourth-order valence-corrected chi connectivity index (χ4v) is 1.42. The standard InChI is InChI=1S/C9H17N/c1-2-3-6-9-7-4-5-8-10-9/h2-8H2,1H3/p+1. The zero-order chi connectivity index (χ0) is 7.23. The van der Waals surface area contributed by atoms with E-state index in [1.165, 1.54) is 45.1 Å². The first-order valence-corrected chi connectivity index (χ1v) is 4.52. The SMILES string of the molecule is CCCCC1=[NH+]CCCC1. The molecule has 0 aromatic carbocycles. The van der Waals surface area contributed by atoms with E-state index < -0.39 is 0 Å². The van der Waals surface area contributed by atoms with E-state index in [9.17, 15) is 0 Å². The fraction of sp³-hybridized carbons (Fsp3) is 0.889. The molecule has 0 aliphatic carbocycles. The average molecular weight is 140 g/mol. The number of unbranched alkanes of at least 4 members (excludes halogenated alkanes) is 1. The summed E-state index contributed by atoms with van der Waals surface area (Å²) in [4.78, 5) is 3.47. The summed E-state index contributed by atoms with van der Waals surface area (Å²) in [5, 5.41) is 0. The van der Waals surface area contributed by atoms with Crippen LogP contribution >= 0.6 is 0 Å². The van der Waals surface area contributed by atoms with Crippen LogP contribution in [0, 0.1) is 0 Å². The molecule has 0 saturated carbocycles. The molecule has 0 aromatic heterocycles. The van der Waals surface area contributed by atoms with Gasteiger partial charge in [0, 0.05) is 19.3 Å². The van der Waals surface area contributed by atoms with Crippen molar-refractivity contribution in [1.29, 1.82) is 0 Å². The van der Waals surface area contributed by atoms with E-state index in [1.807, 2.05) is 0 Å². The third-order valence-electron chi connectivity index (χ3n) is 2.11. The van der Waals surface area contributed by atoms with Gasteiger partial charge in [-0.2, -0.15) is 0 Å². The van der Waals surface area contributed by atoms with Crippen molar-refractivity contribution in [3.05, 3.63) is 0 Å². The van der Waals surface area contributed by atoms with Gasteiger partial charge in [-0.3, -0.25) is 0 Å². The Kier molecular flexibility index (Phi) is 3.48. The Morgan fingerprint density at radius 1 is 1.40 bits per heavy atom. The summed E-state index contributed by atoms with van der Waals surface area (Å²) >= 11 is 0. The molecule has 0 atom stereocenters. The molecule has 1 N–H and O–H groups in total. The first-order chi connectivity index (χ1) is 4.93. The molecular formula is C9H18N+. The van der Waals surface area contributed by atoms with Crippen molar-refractivity contribution in [2.24, 2.45) is 0 Å². The summed E-state index contributed by atoms with van der Waals surface area (Å²) in [7, 11) is 0. The van der Waals surface area contributed by atoms with Crippen molar-refractivity contribution in [2.75, 3.05) is 6.54 Å². The maximum absolute atomic E-state index is 3.47. The highest BCUT2D eigenvalue weighted by Gasteiger charge is 2.09. The van der Waals surface area contributed by atoms with Crippen molar-refractivity contribution < 1.29 is 4.99 Å². The van der Waals surface area contributed by atoms with Crippen LogP contribution in [-0.4, -0.2) is 12.3 Å². The lowest BCUT2D eigenvalue weighted by molar-refractivity contribution is -0.465. The second-order valence-electron chi connectivity index (χ2n) is 3.09. The summed E-state index contributed by atoms with van der Waals surface area (Å²) in [6.45, 7) is 3.47. The molecule has 1 aliphatic heterocycles. The second kappa shape index (κ2) is 4.48. The predicted molar refractivity (Wildman–Crippen MR) is 44.2 cm³/mol. The van der Waals surface area contributed by atoms with Gasteiger partial charge in [0.1, 0.15) is 6.54 Å². The summed E-state index contributed by atoms with van der Waals surface area (Å²) in [6, 6.07) is 0. The second-order valence-corrected chi connectivity index (χ2v) is 3.09. The zero-order valence-corrected chi connectivity index (χ0v) is 6.95. The normalized spacial score (nSPS) is 18.7. The molecule has 1 heteroatoms. The quantitative estimate of drug-likeness (QED) is 0.598. The van der Waals surface area contributed by atoms with Crippen molar-refractivity contribution in [3.8, 4) is 0 Å². The van der Waals surface area contributed by atoms with Crippen molar-refractivity contribution in [1.82, 2.24) is 0 Å². The summed E-state index contributed by atoms with van der Waals surface area (Å²) in [6.07, 6.45) is 8.12. The molecule has 0 bridgehead atoms. The fourth-order valence-electron chi connectivity index (χ4n) is 1.42. The molecule has 10 heavy (non-hydrogen) atoms. The zero-order valence-electron chi connectivity index (χ0n) is 6.95. The lowest BCUT2D eigenvalue weighted by Gasteiger charge is -2.04. The van der Waals surface area contributed by atoms with Crippen LogP contribution in [0.2, 0.25) is 0 Å². The molecular weight excluding hydrogens is 122 g/mol. The Labute approximate surface area is 63.5 Å². The molecule has 0 spiro atoms. The number of rotatable bonds is 3. The van der Waals surface area contributed by atoms with E-state index in [4.69, 9.17) is 0 Å². The van der Waals surface area contributed by atoms with Gasteiger partial charge in [0.25, 0.3) is 0 Å². The molecule has 0 radical (unpaired) electrons. The maximum Gasteiger partial charge on any atom is 0.150 e. The first-order valence-electron chi connectivity index (χ1n) is 4.52. The van der Waals surface area contributed by atoms with Gasteiger partial charge in [-0.05, 0) is 12.8 Å². The molecule has 58 valence electrons. The Hall–Kier alpha value is -0.330. The van der Waals surface area contributed by atoms with Gasteiger partial charge in [0.15, 0.2) is 5.71 Å². The number of hydrogen-bond donors (Lipinski definition) is 1. The lowest BCUT2D eigenvalue weighted by Crippen LogP contribution is -2.74. The molecule has 0 fully saturated rings. The highest BCUT2D eigenvalue weighted by Crippen LogP contribution is 2.02. The van der Waals surface area contributed by atoms with Crippen molar-refractivity contribution >= 4 is 5.71 Å². The van der Waals surface area contributed by atoms with Crippen LogP contribution in [-0.2, 0) is 0 Å². The lowest BCUT2D eigenvalue weighted by atomic mass is 10.0. The van der Waals surface area contributed by atoms with Gasteiger partial charge < -0.3 is 0 Å². The van der Waals surface area contributed by atoms with Crippen molar-refractivity contribution in [3.63, 3.8) is 0 Å². The summed E-state index contributed by atoms with van der Waals surface area (Å²) in [5.41, 5.74) is 1.60. The molecule has 0 amide bonds. The Morgan fingerprint density at radius 2 is 2.30 bits per heavy atom. The first kappa shape index (κ1) is 7.77. The highest BCUT2D eigenvalue weighted by molar-refractivity contribution is 5.78. The molecule has 1 heterocycles. The summed E-state index contributed by atoms with van der Waals surface area (Å²) in [5.74, 6) is 0. The van der Waals surface area contributed by atoms with Crippen LogP contribution in [0.1, 0.15) is 45.4 Å². The monoisotopic (exact) mass is 140 g/mol. The van der Waals surface area contributed by atoms with Crippen LogP contribution in [0.25, 0.3) is 0 Å². The molecule has 1 rings (SSSR count).